The van der Waals surface area contributed by atoms with Gasteiger partial charge in [0.1, 0.15) is 10.3 Å². The van der Waals surface area contributed by atoms with Crippen molar-refractivity contribution < 1.29 is 9.90 Å². The van der Waals surface area contributed by atoms with Gasteiger partial charge < -0.3 is 15.4 Å². The molecule has 5 nitrogen and oxygen atoms in total. The molecule has 0 aliphatic heterocycles. The molecule has 0 unspecified atom stereocenters. The summed E-state index contributed by atoms with van der Waals surface area (Å²) in [7, 11) is 0. The van der Waals surface area contributed by atoms with Crippen LogP contribution in [0, 0.1) is 0 Å². The van der Waals surface area contributed by atoms with Crippen LogP contribution in [0.25, 0.3) is 10.9 Å². The zero-order chi connectivity index (χ0) is 11.7. The van der Waals surface area contributed by atoms with E-state index in [9.17, 15) is 4.79 Å². The van der Waals surface area contributed by atoms with Gasteiger partial charge in [-0.05, 0) is 28.1 Å². The summed E-state index contributed by atoms with van der Waals surface area (Å²) in [5.41, 5.74) is 6.49. The molecule has 0 fully saturated rings. The monoisotopic (exact) mass is 283 g/mol. The van der Waals surface area contributed by atoms with Gasteiger partial charge in [0.05, 0.1) is 11.7 Å². The van der Waals surface area contributed by atoms with Gasteiger partial charge in [-0.15, -0.1) is 0 Å². The lowest BCUT2D eigenvalue weighted by molar-refractivity contribution is 0.0686. The van der Waals surface area contributed by atoms with Crippen molar-refractivity contribution in [3.63, 3.8) is 0 Å². The minimum absolute atomic E-state index is 0.236. The Morgan fingerprint density at radius 3 is 2.94 bits per heavy atom. The maximum Gasteiger partial charge on any atom is 0.352 e. The smallest absolute Gasteiger partial charge is 0.352 e. The van der Waals surface area contributed by atoms with Crippen molar-refractivity contribution in [2.75, 3.05) is 6.54 Å². The van der Waals surface area contributed by atoms with Crippen molar-refractivity contribution in [2.45, 2.75) is 6.54 Å². The largest absolute Gasteiger partial charge is 0.477 e. The molecule has 0 spiro atoms. The normalized spacial score (nSPS) is 10.9. The first kappa shape index (κ1) is 11.1. The number of carboxylic acid groups (broad SMARTS) is 1. The first-order valence-electron chi connectivity index (χ1n) is 4.71. The number of carbonyl (C=O) groups is 1. The number of carboxylic acids is 1. The quantitative estimate of drug-likeness (QED) is 0.836. The molecule has 0 aromatic carbocycles. The number of hydrogen-bond acceptors (Lipinski definition) is 3. The topological polar surface area (TPSA) is 81.1 Å². The molecule has 2 rings (SSSR count). The molecule has 2 aromatic heterocycles. The highest BCUT2D eigenvalue weighted by Crippen LogP contribution is 2.21. The molecule has 0 aliphatic carbocycles. The molecular formula is C10H10BrN3O2. The Bertz CT molecular complexity index is 550. The number of halogens is 1. The fourth-order valence-corrected chi connectivity index (χ4v) is 2.03. The number of nitrogens with two attached hydrogens (primary N) is 1. The average Bonchev–Trinajstić information content (AvgIpc) is 2.57. The van der Waals surface area contributed by atoms with Gasteiger partial charge >= 0.3 is 5.97 Å². The number of nitrogens with zero attached hydrogens (tertiary/aromatic N) is 2. The summed E-state index contributed by atoms with van der Waals surface area (Å²) in [6, 6.07) is 3.41. The van der Waals surface area contributed by atoms with E-state index < -0.39 is 5.97 Å². The molecule has 6 heteroatoms. The highest BCUT2D eigenvalue weighted by atomic mass is 79.9. The lowest BCUT2D eigenvalue weighted by Crippen LogP contribution is -2.14. The van der Waals surface area contributed by atoms with Gasteiger partial charge in [0.2, 0.25) is 0 Å². The molecule has 3 N–H and O–H groups in total. The highest BCUT2D eigenvalue weighted by molar-refractivity contribution is 9.10. The van der Waals surface area contributed by atoms with Crippen LogP contribution in [0.2, 0.25) is 0 Å². The Morgan fingerprint density at radius 2 is 2.31 bits per heavy atom. The van der Waals surface area contributed by atoms with Crippen LogP contribution in [0.15, 0.2) is 22.9 Å². The minimum Gasteiger partial charge on any atom is -0.477 e. The van der Waals surface area contributed by atoms with E-state index >= 15 is 0 Å². The van der Waals surface area contributed by atoms with Crippen molar-refractivity contribution in [3.8, 4) is 0 Å². The fourth-order valence-electron chi connectivity index (χ4n) is 1.68. The van der Waals surface area contributed by atoms with Crippen LogP contribution in [0.4, 0.5) is 0 Å². The van der Waals surface area contributed by atoms with E-state index in [0.29, 0.717) is 17.7 Å². The van der Waals surface area contributed by atoms with Gasteiger partial charge in [0.15, 0.2) is 0 Å². The van der Waals surface area contributed by atoms with E-state index in [0.717, 1.165) is 10.9 Å². The second-order valence-corrected chi connectivity index (χ2v) is 4.15. The van der Waals surface area contributed by atoms with Gasteiger partial charge in [-0.25, -0.2) is 9.78 Å². The standard InChI is InChI=1S/C10H10BrN3O2/c11-9-4-6-3-7(10(15)16)14(2-1-12)8(6)5-13-9/h3-5H,1-2,12H2,(H,15,16). The molecule has 0 saturated carbocycles. The number of aromatic nitrogens is 2. The van der Waals surface area contributed by atoms with Crippen LogP contribution in [0.5, 0.6) is 0 Å². The Balaban J connectivity index is 2.70. The Kier molecular flexibility index (Phi) is 2.93. The second-order valence-electron chi connectivity index (χ2n) is 3.34. The van der Waals surface area contributed by atoms with E-state index in [4.69, 9.17) is 10.8 Å². The van der Waals surface area contributed by atoms with Crippen LogP contribution < -0.4 is 5.73 Å². The maximum atomic E-state index is 11.1. The maximum absolute atomic E-state index is 11.1. The van der Waals surface area contributed by atoms with Gasteiger partial charge in [-0.1, -0.05) is 0 Å². The molecule has 0 bridgehead atoms. The van der Waals surface area contributed by atoms with Crippen LogP contribution in [0.3, 0.4) is 0 Å². The Morgan fingerprint density at radius 1 is 1.56 bits per heavy atom. The van der Waals surface area contributed by atoms with Crippen LogP contribution in [-0.2, 0) is 6.54 Å². The van der Waals surface area contributed by atoms with Gasteiger partial charge in [0, 0.05) is 18.5 Å². The molecular weight excluding hydrogens is 274 g/mol. The SMILES string of the molecule is NCCn1c(C(=O)O)cc2cc(Br)ncc21. The molecule has 2 aromatic rings. The van der Waals surface area contributed by atoms with Crippen molar-refractivity contribution in [1.29, 1.82) is 0 Å². The average molecular weight is 284 g/mol. The van der Waals surface area contributed by atoms with E-state index in [1.165, 1.54) is 0 Å². The molecule has 0 atom stereocenters. The summed E-state index contributed by atoms with van der Waals surface area (Å²) >= 11 is 3.25. The van der Waals surface area contributed by atoms with E-state index in [1.54, 1.807) is 22.9 Å². The van der Waals surface area contributed by atoms with Gasteiger partial charge in [0.25, 0.3) is 0 Å². The molecule has 0 aliphatic rings. The predicted octanol–water partition coefficient (Wildman–Crippen LogP) is 1.46. The number of hydrogen-bond donors (Lipinski definition) is 2. The summed E-state index contributed by atoms with van der Waals surface area (Å²) in [5, 5.41) is 9.91. The first-order valence-corrected chi connectivity index (χ1v) is 5.51. The third-order valence-corrected chi connectivity index (χ3v) is 2.76. The molecule has 0 amide bonds. The van der Waals surface area contributed by atoms with Crippen molar-refractivity contribution in [3.05, 3.63) is 28.6 Å². The molecule has 16 heavy (non-hydrogen) atoms. The molecule has 0 radical (unpaired) electrons. The number of rotatable bonds is 3. The third kappa shape index (κ3) is 1.81. The third-order valence-electron chi connectivity index (χ3n) is 2.33. The van der Waals surface area contributed by atoms with E-state index in [1.807, 2.05) is 0 Å². The highest BCUT2D eigenvalue weighted by Gasteiger charge is 2.14. The summed E-state index contributed by atoms with van der Waals surface area (Å²) in [4.78, 5) is 15.1. The van der Waals surface area contributed by atoms with Gasteiger partial charge in [-0.3, -0.25) is 0 Å². The molecule has 2 heterocycles. The second kappa shape index (κ2) is 4.23. The van der Waals surface area contributed by atoms with Crippen molar-refractivity contribution in [2.24, 2.45) is 5.73 Å². The molecule has 84 valence electrons. The molecule has 0 saturated heterocycles. The summed E-state index contributed by atoms with van der Waals surface area (Å²) in [6.07, 6.45) is 1.64. The predicted molar refractivity (Wildman–Crippen MR) is 63.4 cm³/mol. The zero-order valence-corrected chi connectivity index (χ0v) is 9.94. The van der Waals surface area contributed by atoms with Crippen LogP contribution in [-0.4, -0.2) is 27.2 Å². The first-order chi connectivity index (χ1) is 7.63. The lowest BCUT2D eigenvalue weighted by atomic mass is 10.3. The minimum atomic E-state index is -0.958. The number of aromatic carboxylic acids is 1. The Hall–Kier alpha value is -1.40. The van der Waals surface area contributed by atoms with Gasteiger partial charge in [-0.2, -0.15) is 0 Å². The number of fused-ring (bicyclic) bond motifs is 1. The zero-order valence-electron chi connectivity index (χ0n) is 8.35. The van der Waals surface area contributed by atoms with Crippen LogP contribution >= 0.6 is 15.9 Å². The number of pyridine rings is 1. The van der Waals surface area contributed by atoms with E-state index in [-0.39, 0.29) is 5.69 Å². The Labute approximate surface area is 100 Å². The summed E-state index contributed by atoms with van der Waals surface area (Å²) in [6.45, 7) is 0.856. The fraction of sp³-hybridized carbons (Fsp3) is 0.200. The summed E-state index contributed by atoms with van der Waals surface area (Å²) < 4.78 is 2.35. The lowest BCUT2D eigenvalue weighted by Gasteiger charge is -2.05. The van der Waals surface area contributed by atoms with E-state index in [2.05, 4.69) is 20.9 Å². The van der Waals surface area contributed by atoms with Crippen LogP contribution in [0.1, 0.15) is 10.5 Å². The van der Waals surface area contributed by atoms with Crippen molar-refractivity contribution in [1.82, 2.24) is 9.55 Å². The summed E-state index contributed by atoms with van der Waals surface area (Å²) in [5.74, 6) is -0.958. The van der Waals surface area contributed by atoms with Crippen molar-refractivity contribution >= 4 is 32.8 Å².